The van der Waals surface area contributed by atoms with Crippen molar-refractivity contribution in [3.8, 4) is 0 Å². The van der Waals surface area contributed by atoms with Crippen LogP contribution in [0.1, 0.15) is 90.0 Å². The number of fused-ring (bicyclic) bond motifs is 1. The number of nitrogens with zero attached hydrogens (tertiary/aromatic N) is 1. The minimum absolute atomic E-state index is 0.00165. The Kier molecular flexibility index (Phi) is 16.7. The maximum atomic E-state index is 12.4. The van der Waals surface area contributed by atoms with Gasteiger partial charge in [0.1, 0.15) is 0 Å². The largest absolute Gasteiger partial charge is 0.370 e. The highest BCUT2D eigenvalue weighted by Crippen LogP contribution is 2.27. The van der Waals surface area contributed by atoms with Gasteiger partial charge in [0.2, 0.25) is 11.8 Å². The molecular weight excluding hydrogens is 496 g/mol. The third kappa shape index (κ3) is 12.5. The summed E-state index contributed by atoms with van der Waals surface area (Å²) in [5, 5.41) is 3.99. The van der Waals surface area contributed by atoms with Crippen LogP contribution in [0.3, 0.4) is 0 Å². The van der Waals surface area contributed by atoms with Crippen molar-refractivity contribution in [1.82, 2.24) is 4.57 Å². The van der Waals surface area contributed by atoms with Crippen molar-refractivity contribution in [2.75, 3.05) is 18.1 Å². The van der Waals surface area contributed by atoms with Gasteiger partial charge in [-0.2, -0.15) is 0 Å². The molecule has 1 saturated carbocycles. The van der Waals surface area contributed by atoms with Gasteiger partial charge < -0.3 is 21.4 Å². The van der Waals surface area contributed by atoms with E-state index >= 15 is 0 Å². The number of unbranched alkanes of at least 4 members (excludes halogenated alkanes) is 2. The van der Waals surface area contributed by atoms with Gasteiger partial charge in [-0.05, 0) is 74.9 Å². The summed E-state index contributed by atoms with van der Waals surface area (Å²) >= 11 is 2.97. The number of aryl methyl sites for hydroxylation is 1. The van der Waals surface area contributed by atoms with E-state index in [4.69, 9.17) is 11.5 Å². The molecule has 5 N–H and O–H groups in total. The van der Waals surface area contributed by atoms with Crippen molar-refractivity contribution >= 4 is 41.0 Å². The third-order valence-electron chi connectivity index (χ3n) is 6.78. The number of hydrogen-bond donors (Lipinski definition) is 3. The van der Waals surface area contributed by atoms with Crippen molar-refractivity contribution in [1.29, 1.82) is 0 Å². The van der Waals surface area contributed by atoms with Gasteiger partial charge in [0.05, 0.1) is 11.8 Å². The van der Waals surface area contributed by atoms with Crippen molar-refractivity contribution in [2.45, 2.75) is 97.9 Å². The van der Waals surface area contributed by atoms with E-state index < -0.39 is 0 Å². The molecular formula is C30H51N4O3S+. The average Bonchev–Trinajstić information content (AvgIpc) is 2.90. The Balaban J connectivity index is 0.000000463. The topological polar surface area (TPSA) is 120 Å². The summed E-state index contributed by atoms with van der Waals surface area (Å²) in [7, 11) is 0. The molecule has 1 aliphatic carbocycles. The highest BCUT2D eigenvalue weighted by Gasteiger charge is 2.13. The van der Waals surface area contributed by atoms with E-state index in [1.807, 2.05) is 25.1 Å². The number of nitrogens with one attached hydrogen (secondary N) is 1. The number of primary amides is 1. The predicted octanol–water partition coefficient (Wildman–Crippen LogP) is 4.88. The lowest BCUT2D eigenvalue weighted by molar-refractivity contribution is -0.118. The van der Waals surface area contributed by atoms with Gasteiger partial charge in [-0.1, -0.05) is 58.4 Å². The molecule has 1 aliphatic rings. The second-order valence-electron chi connectivity index (χ2n) is 10.6. The lowest BCUT2D eigenvalue weighted by Gasteiger charge is -2.20. The van der Waals surface area contributed by atoms with E-state index in [9.17, 15) is 14.4 Å². The zero-order valence-corrected chi connectivity index (χ0v) is 25.0. The molecule has 0 atom stereocenters. The Hall–Kier alpha value is -2.32. The normalized spacial score (nSPS) is 13.3. The van der Waals surface area contributed by atoms with E-state index in [0.717, 1.165) is 53.8 Å². The minimum atomic E-state index is -0.143. The molecule has 1 aromatic carbocycles. The van der Waals surface area contributed by atoms with Crippen molar-refractivity contribution in [2.24, 2.45) is 23.3 Å². The molecule has 0 unspecified atom stereocenters. The van der Waals surface area contributed by atoms with Crippen LogP contribution in [0.25, 0.3) is 10.9 Å². The fourth-order valence-electron chi connectivity index (χ4n) is 4.83. The summed E-state index contributed by atoms with van der Waals surface area (Å²) in [5.74, 6) is 1.01. The Morgan fingerprint density at radius 1 is 1.05 bits per heavy atom. The molecule has 0 spiro atoms. The standard InChI is InChI=1S/C20H29N3O2.C9H17NO.CH4S/c1-14(2)13-23-18-12-16(22-19(24)7-5-4-6-10-21)8-9-17(18)15(3)11-20(23)25;10-9(11)7-6-8-4-2-1-3-5-8;1-2/h8-9,11-12,14H,4-7,10,13,21H2,1-3H3,(H,22,24);8H,1-7H2,(H2,10,11);2H,1H3/p+1. The maximum Gasteiger partial charge on any atom is 0.251 e. The highest BCUT2D eigenvalue weighted by molar-refractivity contribution is 7.57. The quantitative estimate of drug-likeness (QED) is 0.274. The summed E-state index contributed by atoms with van der Waals surface area (Å²) in [5.41, 5.74) is 13.1. The van der Waals surface area contributed by atoms with Crippen LogP contribution in [-0.4, -0.2) is 29.2 Å². The second-order valence-corrected chi connectivity index (χ2v) is 10.6. The van der Waals surface area contributed by atoms with Crippen LogP contribution in [0.15, 0.2) is 29.1 Å². The lowest BCUT2D eigenvalue weighted by Crippen LogP contribution is -2.23. The van der Waals surface area contributed by atoms with Gasteiger partial charge in [0, 0.05) is 36.5 Å². The number of amides is 2. The number of aromatic nitrogens is 1. The van der Waals surface area contributed by atoms with Crippen molar-refractivity contribution in [3.63, 3.8) is 0 Å². The molecule has 0 aliphatic heterocycles. The van der Waals surface area contributed by atoms with Crippen molar-refractivity contribution < 1.29 is 9.59 Å². The molecule has 0 bridgehead atoms. The van der Waals surface area contributed by atoms with Gasteiger partial charge in [0.25, 0.3) is 5.56 Å². The minimum Gasteiger partial charge on any atom is -0.370 e. The molecule has 3 rings (SSSR count). The number of pyridine rings is 1. The molecule has 1 heterocycles. The number of carbonyl (C=O) groups excluding carboxylic acids is 2. The SMILES string of the molecule is C[SH2+].Cc1cc(=O)n(CC(C)C)c2cc(NC(=O)CCCCCN)ccc12.NC(=O)CCC1CCCCC1. The first kappa shape index (κ1) is 33.7. The van der Waals surface area contributed by atoms with Crippen LogP contribution in [0, 0.1) is 18.8 Å². The van der Waals surface area contributed by atoms with E-state index in [2.05, 4.69) is 31.8 Å². The number of hydrogen-bond acceptors (Lipinski definition) is 4. The van der Waals surface area contributed by atoms with Gasteiger partial charge in [0.15, 0.2) is 0 Å². The monoisotopic (exact) mass is 547 g/mol. The van der Waals surface area contributed by atoms with Crippen LogP contribution < -0.4 is 22.3 Å². The van der Waals surface area contributed by atoms with Gasteiger partial charge >= 0.3 is 0 Å². The Labute approximate surface area is 234 Å². The first-order valence-corrected chi connectivity index (χ1v) is 15.1. The number of benzene rings is 1. The molecule has 8 heteroatoms. The van der Waals surface area contributed by atoms with E-state index in [-0.39, 0.29) is 17.4 Å². The predicted molar refractivity (Wildman–Crippen MR) is 165 cm³/mol. The summed E-state index contributed by atoms with van der Waals surface area (Å²) in [6, 6.07) is 7.46. The third-order valence-corrected chi connectivity index (χ3v) is 6.78. The van der Waals surface area contributed by atoms with Crippen molar-refractivity contribution in [3.05, 3.63) is 40.2 Å². The van der Waals surface area contributed by atoms with Crippen LogP contribution in [0.4, 0.5) is 5.69 Å². The highest BCUT2D eigenvalue weighted by atomic mass is 32.1. The zero-order valence-electron chi connectivity index (χ0n) is 24.0. The smallest absolute Gasteiger partial charge is 0.251 e. The molecule has 1 fully saturated rings. The summed E-state index contributed by atoms with van der Waals surface area (Å²) in [6.45, 7) is 7.44. The van der Waals surface area contributed by atoms with Gasteiger partial charge in [-0.3, -0.25) is 14.4 Å². The van der Waals surface area contributed by atoms with E-state index in [1.165, 1.54) is 32.1 Å². The molecule has 0 saturated heterocycles. The van der Waals surface area contributed by atoms with Crippen LogP contribution in [-0.2, 0) is 28.8 Å². The number of anilines is 1. The first-order valence-electron chi connectivity index (χ1n) is 14.1. The average molecular weight is 548 g/mol. The Morgan fingerprint density at radius 3 is 2.34 bits per heavy atom. The summed E-state index contributed by atoms with van der Waals surface area (Å²) in [4.78, 5) is 35.0. The summed E-state index contributed by atoms with van der Waals surface area (Å²) in [6.07, 6.45) is 13.4. The molecule has 7 nitrogen and oxygen atoms in total. The molecule has 1 aromatic heterocycles. The maximum absolute atomic E-state index is 12.4. The molecule has 0 radical (unpaired) electrons. The van der Waals surface area contributed by atoms with Crippen LogP contribution in [0.5, 0.6) is 0 Å². The lowest BCUT2D eigenvalue weighted by atomic mass is 9.86. The number of rotatable bonds is 11. The molecule has 38 heavy (non-hydrogen) atoms. The Bertz CT molecular complexity index is 1050. The van der Waals surface area contributed by atoms with Gasteiger partial charge in [-0.25, -0.2) is 0 Å². The fourth-order valence-corrected chi connectivity index (χ4v) is 4.83. The van der Waals surface area contributed by atoms with Crippen LogP contribution >= 0.6 is 0 Å². The molecule has 2 amide bonds. The second kappa shape index (κ2) is 18.9. The van der Waals surface area contributed by atoms with Crippen LogP contribution in [0.2, 0.25) is 0 Å². The fraction of sp³-hybridized carbons (Fsp3) is 0.633. The Morgan fingerprint density at radius 2 is 1.74 bits per heavy atom. The number of carbonyl (C=O) groups is 2. The first-order chi connectivity index (χ1) is 18.2. The molecule has 214 valence electrons. The van der Waals surface area contributed by atoms with E-state index in [0.29, 0.717) is 31.8 Å². The zero-order chi connectivity index (χ0) is 28.5. The molecule has 2 aromatic rings. The van der Waals surface area contributed by atoms with E-state index in [1.54, 1.807) is 16.9 Å². The van der Waals surface area contributed by atoms with Gasteiger partial charge in [-0.15, -0.1) is 0 Å². The summed E-state index contributed by atoms with van der Waals surface area (Å²) < 4.78 is 1.80. The number of nitrogens with two attached hydrogens (primary N) is 2.